The van der Waals surface area contributed by atoms with Crippen LogP contribution in [0, 0.1) is 6.92 Å². The Kier molecular flexibility index (Phi) is 5.83. The molecule has 27 heavy (non-hydrogen) atoms. The van der Waals surface area contributed by atoms with Gasteiger partial charge in [0, 0.05) is 12.3 Å². The van der Waals surface area contributed by atoms with E-state index in [0.717, 1.165) is 12.3 Å². The molecule has 2 rings (SSSR count). The van der Waals surface area contributed by atoms with Crippen LogP contribution in [0.2, 0.25) is 0 Å². The molecule has 0 fully saturated rings. The zero-order chi connectivity index (χ0) is 20.6. The first-order chi connectivity index (χ1) is 12.2. The summed E-state index contributed by atoms with van der Waals surface area (Å²) in [6.45, 7) is 3.09. The van der Waals surface area contributed by atoms with Crippen LogP contribution in [-0.4, -0.2) is 31.5 Å². The summed E-state index contributed by atoms with van der Waals surface area (Å²) in [7, 11) is -11.6. The van der Waals surface area contributed by atoms with E-state index in [2.05, 4.69) is 4.72 Å². The number of sulfone groups is 1. The van der Waals surface area contributed by atoms with Crippen LogP contribution < -0.4 is 9.86 Å². The van der Waals surface area contributed by atoms with Crippen molar-refractivity contribution in [2.75, 3.05) is 6.26 Å². The first kappa shape index (κ1) is 21.5. The van der Waals surface area contributed by atoms with E-state index >= 15 is 0 Å². The van der Waals surface area contributed by atoms with Gasteiger partial charge in [0.25, 0.3) is 0 Å². The molecular formula is C16H20N2O6S3. The van der Waals surface area contributed by atoms with Crippen molar-refractivity contribution >= 4 is 29.9 Å². The van der Waals surface area contributed by atoms with Crippen molar-refractivity contribution < 1.29 is 25.3 Å². The van der Waals surface area contributed by atoms with Gasteiger partial charge in [0.05, 0.1) is 14.7 Å². The Hall–Kier alpha value is -1.79. The predicted molar refractivity (Wildman–Crippen MR) is 101 cm³/mol. The molecule has 0 aliphatic carbocycles. The highest BCUT2D eigenvalue weighted by atomic mass is 32.2. The minimum atomic E-state index is -4.06. The number of nitrogens with two attached hydrogens (primary N) is 1. The number of nitrogens with one attached hydrogen (secondary N) is 1. The second-order valence-corrected chi connectivity index (χ2v) is 11.4. The summed E-state index contributed by atoms with van der Waals surface area (Å²) in [5.41, 5.74) is 0.766. The summed E-state index contributed by atoms with van der Waals surface area (Å²) in [6, 6.07) is 8.66. The zero-order valence-electron chi connectivity index (χ0n) is 14.9. The van der Waals surface area contributed by atoms with Crippen LogP contribution in [0.15, 0.2) is 57.2 Å². The van der Waals surface area contributed by atoms with E-state index in [-0.39, 0.29) is 14.7 Å². The Bertz CT molecular complexity index is 1190. The first-order valence-electron chi connectivity index (χ1n) is 7.67. The van der Waals surface area contributed by atoms with E-state index in [4.69, 9.17) is 5.14 Å². The lowest BCUT2D eigenvalue weighted by Crippen LogP contribution is -2.28. The van der Waals surface area contributed by atoms with Crippen molar-refractivity contribution in [3.05, 3.63) is 53.6 Å². The highest BCUT2D eigenvalue weighted by molar-refractivity contribution is 7.91. The van der Waals surface area contributed by atoms with Crippen LogP contribution in [0.5, 0.6) is 0 Å². The molecule has 0 aromatic heterocycles. The lowest BCUT2D eigenvalue weighted by molar-refractivity contribution is 0.566. The van der Waals surface area contributed by atoms with Gasteiger partial charge >= 0.3 is 0 Å². The second kappa shape index (κ2) is 7.32. The van der Waals surface area contributed by atoms with Crippen LogP contribution in [0.25, 0.3) is 0 Å². The summed E-state index contributed by atoms with van der Waals surface area (Å²) in [5, 5.41) is 5.10. The van der Waals surface area contributed by atoms with Gasteiger partial charge in [0.2, 0.25) is 20.0 Å². The highest BCUT2D eigenvalue weighted by Gasteiger charge is 2.23. The third kappa shape index (κ3) is 5.14. The molecule has 0 spiro atoms. The third-order valence-electron chi connectivity index (χ3n) is 3.90. The van der Waals surface area contributed by atoms with E-state index in [0.29, 0.717) is 11.1 Å². The molecule has 0 saturated heterocycles. The van der Waals surface area contributed by atoms with Gasteiger partial charge in [0.1, 0.15) is 0 Å². The van der Waals surface area contributed by atoms with Crippen LogP contribution in [0.1, 0.15) is 24.1 Å². The van der Waals surface area contributed by atoms with Crippen molar-refractivity contribution in [3.8, 4) is 0 Å². The van der Waals surface area contributed by atoms with Crippen molar-refractivity contribution in [1.82, 2.24) is 4.72 Å². The summed E-state index contributed by atoms with van der Waals surface area (Å²) >= 11 is 0. The molecule has 11 heteroatoms. The fourth-order valence-electron chi connectivity index (χ4n) is 2.43. The number of primary sulfonamides is 1. The zero-order valence-corrected chi connectivity index (χ0v) is 17.3. The van der Waals surface area contributed by atoms with Crippen molar-refractivity contribution in [2.45, 2.75) is 34.6 Å². The minimum Gasteiger partial charge on any atom is -0.225 e. The van der Waals surface area contributed by atoms with Gasteiger partial charge in [-0.05, 0) is 49.2 Å². The second-order valence-electron chi connectivity index (χ2n) is 6.16. The van der Waals surface area contributed by atoms with Crippen LogP contribution in [0.4, 0.5) is 0 Å². The first-order valence-corrected chi connectivity index (χ1v) is 12.6. The van der Waals surface area contributed by atoms with Crippen molar-refractivity contribution in [2.24, 2.45) is 5.14 Å². The molecule has 148 valence electrons. The van der Waals surface area contributed by atoms with Gasteiger partial charge in [-0.3, -0.25) is 0 Å². The van der Waals surface area contributed by atoms with Gasteiger partial charge < -0.3 is 0 Å². The van der Waals surface area contributed by atoms with E-state index in [1.807, 2.05) is 0 Å². The SMILES string of the molecule is Cc1ccc(S(C)(=O)=O)cc1S(=O)(=O)NC(C)c1cccc(S(N)(=O)=O)c1. The molecule has 0 bridgehead atoms. The summed E-state index contributed by atoms with van der Waals surface area (Å²) in [5.74, 6) is 0. The molecule has 0 aliphatic rings. The largest absolute Gasteiger partial charge is 0.241 e. The maximum Gasteiger partial charge on any atom is 0.241 e. The van der Waals surface area contributed by atoms with E-state index in [9.17, 15) is 25.3 Å². The fourth-order valence-corrected chi connectivity index (χ4v) is 5.22. The average Bonchev–Trinajstić information content (AvgIpc) is 2.53. The fraction of sp³-hybridized carbons (Fsp3) is 0.250. The van der Waals surface area contributed by atoms with E-state index in [1.165, 1.54) is 37.3 Å². The summed E-state index contributed by atoms with van der Waals surface area (Å²) < 4.78 is 74.3. The molecule has 1 unspecified atom stereocenters. The van der Waals surface area contributed by atoms with Crippen LogP contribution in [0.3, 0.4) is 0 Å². The molecule has 8 nitrogen and oxygen atoms in total. The monoisotopic (exact) mass is 432 g/mol. The Balaban J connectivity index is 2.42. The number of rotatable bonds is 6. The van der Waals surface area contributed by atoms with Crippen LogP contribution >= 0.6 is 0 Å². The lowest BCUT2D eigenvalue weighted by atomic mass is 10.1. The molecule has 0 amide bonds. The van der Waals surface area contributed by atoms with Gasteiger partial charge in [0.15, 0.2) is 9.84 Å². The number of sulfonamides is 2. The maximum atomic E-state index is 12.7. The Morgan fingerprint density at radius 2 is 1.56 bits per heavy atom. The average molecular weight is 433 g/mol. The molecule has 0 saturated carbocycles. The van der Waals surface area contributed by atoms with Gasteiger partial charge in [-0.15, -0.1) is 0 Å². The molecule has 0 aliphatic heterocycles. The lowest BCUT2D eigenvalue weighted by Gasteiger charge is -2.17. The van der Waals surface area contributed by atoms with E-state index in [1.54, 1.807) is 13.0 Å². The van der Waals surface area contributed by atoms with Gasteiger partial charge in [-0.1, -0.05) is 18.2 Å². The quantitative estimate of drug-likeness (QED) is 0.700. The van der Waals surface area contributed by atoms with E-state index < -0.39 is 35.9 Å². The third-order valence-corrected chi connectivity index (χ3v) is 7.60. The predicted octanol–water partition coefficient (Wildman–Crippen LogP) is 1.09. The summed E-state index contributed by atoms with van der Waals surface area (Å²) in [4.78, 5) is -0.418. The van der Waals surface area contributed by atoms with Crippen molar-refractivity contribution in [3.63, 3.8) is 0 Å². The molecule has 3 N–H and O–H groups in total. The minimum absolute atomic E-state index is 0.114. The van der Waals surface area contributed by atoms with Gasteiger partial charge in [-0.25, -0.2) is 35.1 Å². The number of benzene rings is 2. The summed E-state index contributed by atoms with van der Waals surface area (Å²) in [6.07, 6.45) is 0.989. The Morgan fingerprint density at radius 1 is 0.926 bits per heavy atom. The standard InChI is InChI=1S/C16H20N2O6S3/c1-11-7-8-14(25(3,19)20)10-16(11)27(23,24)18-12(2)13-5-4-6-15(9-13)26(17,21)22/h4-10,12,18H,1-3H3,(H2,17,21,22). The maximum absolute atomic E-state index is 12.7. The van der Waals surface area contributed by atoms with Crippen molar-refractivity contribution in [1.29, 1.82) is 0 Å². The smallest absolute Gasteiger partial charge is 0.225 e. The molecule has 2 aromatic carbocycles. The Labute approximate surface area is 159 Å². The van der Waals surface area contributed by atoms with Gasteiger partial charge in [-0.2, -0.15) is 0 Å². The molecule has 2 aromatic rings. The topological polar surface area (TPSA) is 140 Å². The molecule has 0 heterocycles. The molecular weight excluding hydrogens is 412 g/mol. The van der Waals surface area contributed by atoms with Crippen LogP contribution in [-0.2, 0) is 29.9 Å². The number of hydrogen-bond acceptors (Lipinski definition) is 6. The number of hydrogen-bond donors (Lipinski definition) is 2. The highest BCUT2D eigenvalue weighted by Crippen LogP contribution is 2.23. The number of aryl methyl sites for hydroxylation is 1. The normalized spacial score (nSPS) is 14.1. The molecule has 1 atom stereocenters. The Morgan fingerprint density at radius 3 is 2.11 bits per heavy atom. The molecule has 0 radical (unpaired) electrons.